The van der Waals surface area contributed by atoms with Gasteiger partial charge in [0.2, 0.25) is 5.75 Å². The molecule has 1 aromatic heterocycles. The van der Waals surface area contributed by atoms with Crippen molar-refractivity contribution in [2.75, 3.05) is 6.61 Å². The first-order valence-corrected chi connectivity index (χ1v) is 12.3. The second kappa shape index (κ2) is 11.6. The Bertz CT molecular complexity index is 1410. The Labute approximate surface area is 220 Å². The summed E-state index contributed by atoms with van der Waals surface area (Å²) in [6.07, 6.45) is 0.891. The number of fused-ring (bicyclic) bond motifs is 1. The van der Waals surface area contributed by atoms with E-state index in [1.807, 2.05) is 13.8 Å². The van der Waals surface area contributed by atoms with Gasteiger partial charge in [0.15, 0.2) is 6.10 Å². The van der Waals surface area contributed by atoms with Gasteiger partial charge in [0.25, 0.3) is 5.56 Å². The van der Waals surface area contributed by atoms with E-state index >= 15 is 0 Å². The molecule has 36 heavy (non-hydrogen) atoms. The summed E-state index contributed by atoms with van der Waals surface area (Å²) in [7, 11) is 0. The van der Waals surface area contributed by atoms with Gasteiger partial charge in [0.1, 0.15) is 5.82 Å². The molecule has 12 heteroatoms. The fourth-order valence-electron chi connectivity index (χ4n) is 3.31. The molecule has 0 spiro atoms. The third-order valence-electron chi connectivity index (χ3n) is 5.36. The molecule has 3 rings (SSSR count). The van der Waals surface area contributed by atoms with Crippen molar-refractivity contribution in [1.29, 1.82) is 0 Å². The number of esters is 1. The SMILES string of the molecule is CCOC(=O)[C@@H](C)Oc1c(Cl)cc(C=Nn2c([C@H](C)CC)nc3ccc(Br)cc3c2=O)cc1[N+](=O)[O-]. The highest BCUT2D eigenvalue weighted by molar-refractivity contribution is 9.10. The van der Waals surface area contributed by atoms with Gasteiger partial charge in [-0.05, 0) is 44.5 Å². The summed E-state index contributed by atoms with van der Waals surface area (Å²) in [5.74, 6) is -0.576. The van der Waals surface area contributed by atoms with Gasteiger partial charge in [-0.15, -0.1) is 0 Å². The average molecular weight is 580 g/mol. The number of rotatable bonds is 9. The molecule has 2 aromatic carbocycles. The molecule has 0 saturated heterocycles. The molecule has 3 aromatic rings. The highest BCUT2D eigenvalue weighted by atomic mass is 79.9. The molecule has 0 unspecified atom stereocenters. The average Bonchev–Trinajstić information content (AvgIpc) is 2.84. The number of carbonyl (C=O) groups excluding carboxylic acids is 1. The molecular formula is C24H24BrClN4O6. The Hall–Kier alpha value is -3.31. The Kier molecular flexibility index (Phi) is 8.80. The monoisotopic (exact) mass is 578 g/mol. The molecule has 1 heterocycles. The van der Waals surface area contributed by atoms with Gasteiger partial charge in [0, 0.05) is 22.0 Å². The maximum Gasteiger partial charge on any atom is 0.347 e. The van der Waals surface area contributed by atoms with Crippen LogP contribution >= 0.6 is 27.5 Å². The Morgan fingerprint density at radius 2 is 2.03 bits per heavy atom. The second-order valence-electron chi connectivity index (χ2n) is 7.92. The lowest BCUT2D eigenvalue weighted by molar-refractivity contribution is -0.386. The van der Waals surface area contributed by atoms with E-state index in [9.17, 15) is 19.7 Å². The minimum absolute atomic E-state index is 0.0824. The zero-order valence-electron chi connectivity index (χ0n) is 20.0. The lowest BCUT2D eigenvalue weighted by atomic mass is 10.1. The molecule has 0 fully saturated rings. The number of nitro benzene ring substituents is 1. The lowest BCUT2D eigenvalue weighted by Gasteiger charge is -2.15. The van der Waals surface area contributed by atoms with Gasteiger partial charge in [-0.1, -0.05) is 41.4 Å². The predicted octanol–water partition coefficient (Wildman–Crippen LogP) is 5.45. The highest BCUT2D eigenvalue weighted by Crippen LogP contribution is 2.36. The molecule has 0 aliphatic carbocycles. The zero-order chi connectivity index (χ0) is 26.6. The van der Waals surface area contributed by atoms with Gasteiger partial charge in [-0.2, -0.15) is 9.78 Å². The van der Waals surface area contributed by atoms with Crippen LogP contribution in [0.5, 0.6) is 5.75 Å². The van der Waals surface area contributed by atoms with Gasteiger partial charge in [-0.25, -0.2) is 9.78 Å². The van der Waals surface area contributed by atoms with Crippen molar-refractivity contribution in [2.24, 2.45) is 5.10 Å². The van der Waals surface area contributed by atoms with E-state index in [4.69, 9.17) is 21.1 Å². The van der Waals surface area contributed by atoms with E-state index in [1.54, 1.807) is 25.1 Å². The molecular weight excluding hydrogens is 556 g/mol. The number of hydrogen-bond donors (Lipinski definition) is 0. The Balaban J connectivity index is 2.08. The first kappa shape index (κ1) is 27.3. The molecule has 0 aliphatic rings. The number of hydrogen-bond acceptors (Lipinski definition) is 8. The smallest absolute Gasteiger partial charge is 0.347 e. The van der Waals surface area contributed by atoms with E-state index in [2.05, 4.69) is 26.0 Å². The molecule has 190 valence electrons. The number of aromatic nitrogens is 2. The lowest BCUT2D eigenvalue weighted by Crippen LogP contribution is -2.26. The maximum absolute atomic E-state index is 13.3. The van der Waals surface area contributed by atoms with Crippen molar-refractivity contribution in [3.63, 3.8) is 0 Å². The maximum atomic E-state index is 13.3. The summed E-state index contributed by atoms with van der Waals surface area (Å²) < 4.78 is 12.2. The minimum Gasteiger partial charge on any atom is -0.471 e. The minimum atomic E-state index is -1.11. The molecule has 0 N–H and O–H groups in total. The van der Waals surface area contributed by atoms with Crippen molar-refractivity contribution in [1.82, 2.24) is 9.66 Å². The van der Waals surface area contributed by atoms with Crippen LogP contribution in [-0.2, 0) is 9.53 Å². The van der Waals surface area contributed by atoms with Gasteiger partial charge in [-0.3, -0.25) is 14.9 Å². The zero-order valence-corrected chi connectivity index (χ0v) is 22.4. The molecule has 0 radical (unpaired) electrons. The van der Waals surface area contributed by atoms with E-state index in [0.717, 1.165) is 4.47 Å². The van der Waals surface area contributed by atoms with Crippen LogP contribution in [0, 0.1) is 10.1 Å². The van der Waals surface area contributed by atoms with E-state index < -0.39 is 22.7 Å². The van der Waals surface area contributed by atoms with Crippen molar-refractivity contribution in [3.05, 3.63) is 71.7 Å². The summed E-state index contributed by atoms with van der Waals surface area (Å²) in [5, 5.41) is 16.3. The van der Waals surface area contributed by atoms with Crippen LogP contribution in [-0.4, -0.2) is 39.5 Å². The van der Waals surface area contributed by atoms with Crippen molar-refractivity contribution in [3.8, 4) is 5.75 Å². The summed E-state index contributed by atoms with van der Waals surface area (Å²) in [5.41, 5.74) is -0.0492. The van der Waals surface area contributed by atoms with E-state index in [1.165, 1.54) is 29.9 Å². The van der Waals surface area contributed by atoms with Crippen LogP contribution in [0.25, 0.3) is 10.9 Å². The number of carbonyl (C=O) groups is 1. The molecule has 0 bridgehead atoms. The third kappa shape index (κ3) is 5.90. The van der Waals surface area contributed by atoms with E-state index in [0.29, 0.717) is 23.1 Å². The first-order valence-electron chi connectivity index (χ1n) is 11.1. The van der Waals surface area contributed by atoms with Crippen molar-refractivity contribution in [2.45, 2.75) is 46.1 Å². The van der Waals surface area contributed by atoms with Crippen LogP contribution in [0.15, 0.2) is 44.7 Å². The number of ether oxygens (including phenoxy) is 2. The van der Waals surface area contributed by atoms with Crippen molar-refractivity contribution >= 4 is 56.3 Å². The fourth-order valence-corrected chi connectivity index (χ4v) is 3.94. The van der Waals surface area contributed by atoms with Crippen LogP contribution in [0.3, 0.4) is 0 Å². The largest absolute Gasteiger partial charge is 0.471 e. The standard InChI is InChI=1S/C24H24BrClN4O6/c1-5-13(3)22-28-19-8-7-16(25)11-17(19)23(31)29(22)27-12-15-9-18(26)21(20(10-15)30(33)34)36-14(4)24(32)35-6-2/h7-14H,5-6H2,1-4H3/t13-,14-/m1/s1. The molecule has 0 saturated carbocycles. The third-order valence-corrected chi connectivity index (χ3v) is 6.14. The molecule has 0 aliphatic heterocycles. The summed E-state index contributed by atoms with van der Waals surface area (Å²) in [4.78, 5) is 40.9. The quantitative estimate of drug-likeness (QED) is 0.143. The normalized spacial score (nSPS) is 13.1. The highest BCUT2D eigenvalue weighted by Gasteiger charge is 2.25. The van der Waals surface area contributed by atoms with Gasteiger partial charge >= 0.3 is 11.7 Å². The molecule has 0 amide bonds. The Morgan fingerprint density at radius 1 is 1.31 bits per heavy atom. The van der Waals surface area contributed by atoms with Crippen LogP contribution < -0.4 is 10.3 Å². The summed E-state index contributed by atoms with van der Waals surface area (Å²) in [6.45, 7) is 7.07. The second-order valence-corrected chi connectivity index (χ2v) is 9.25. The topological polar surface area (TPSA) is 126 Å². The van der Waals surface area contributed by atoms with Crippen LogP contribution in [0.1, 0.15) is 51.4 Å². The van der Waals surface area contributed by atoms with Gasteiger partial charge < -0.3 is 9.47 Å². The van der Waals surface area contributed by atoms with Crippen molar-refractivity contribution < 1.29 is 19.2 Å². The predicted molar refractivity (Wildman–Crippen MR) is 140 cm³/mol. The number of nitro groups is 1. The van der Waals surface area contributed by atoms with Crippen LogP contribution in [0.4, 0.5) is 5.69 Å². The summed E-state index contributed by atoms with van der Waals surface area (Å²) in [6, 6.07) is 7.80. The summed E-state index contributed by atoms with van der Waals surface area (Å²) >= 11 is 9.65. The molecule has 2 atom stereocenters. The van der Waals surface area contributed by atoms with E-state index in [-0.39, 0.29) is 34.4 Å². The fraction of sp³-hybridized carbons (Fsp3) is 0.333. The number of benzene rings is 2. The molecule has 10 nitrogen and oxygen atoms in total. The Morgan fingerprint density at radius 3 is 2.67 bits per heavy atom. The van der Waals surface area contributed by atoms with Crippen LogP contribution in [0.2, 0.25) is 5.02 Å². The van der Waals surface area contributed by atoms with Gasteiger partial charge in [0.05, 0.1) is 33.7 Å². The number of halogens is 2. The first-order chi connectivity index (χ1) is 17.1. The number of nitrogens with zero attached hydrogens (tertiary/aromatic N) is 4.